The van der Waals surface area contributed by atoms with Crippen LogP contribution in [0.5, 0.6) is 5.75 Å². The second-order valence-corrected chi connectivity index (χ2v) is 8.28. The van der Waals surface area contributed by atoms with Gasteiger partial charge in [0.1, 0.15) is 5.75 Å². The predicted molar refractivity (Wildman–Crippen MR) is 117 cm³/mol. The fourth-order valence-corrected chi connectivity index (χ4v) is 4.39. The van der Waals surface area contributed by atoms with Gasteiger partial charge in [0.25, 0.3) is 5.91 Å². The molecule has 0 aliphatic carbocycles. The van der Waals surface area contributed by atoms with E-state index in [1.165, 1.54) is 5.69 Å². The number of aromatic amines is 1. The van der Waals surface area contributed by atoms with Crippen molar-refractivity contribution in [2.75, 3.05) is 32.8 Å². The van der Waals surface area contributed by atoms with Crippen molar-refractivity contribution < 1.29 is 14.3 Å². The standard InChI is InChI=1S/C23H31N5O3/c1-2-3-14-31-18-6-4-17(5-7-18)22(30)24-15-20(29)28-12-9-23(10-13-28)21-19(8-11-27-23)25-16-26-21/h4-7,16,27H,2-3,8-15H2,1H3,(H,24,30)(H,25,26). The highest BCUT2D eigenvalue weighted by Crippen LogP contribution is 2.35. The maximum absolute atomic E-state index is 12.7. The Labute approximate surface area is 182 Å². The summed E-state index contributed by atoms with van der Waals surface area (Å²) >= 11 is 0. The molecule has 31 heavy (non-hydrogen) atoms. The van der Waals surface area contributed by atoms with E-state index in [-0.39, 0.29) is 23.9 Å². The van der Waals surface area contributed by atoms with Gasteiger partial charge in [0, 0.05) is 37.3 Å². The van der Waals surface area contributed by atoms with Crippen LogP contribution in [0, 0.1) is 0 Å². The SMILES string of the molecule is CCCCOc1ccc(C(=O)NCC(=O)N2CCC3(CC2)NCCc2[nH]cnc23)cc1. The molecule has 2 aliphatic heterocycles. The minimum absolute atomic E-state index is 0.00165. The van der Waals surface area contributed by atoms with Gasteiger partial charge in [-0.05, 0) is 43.5 Å². The van der Waals surface area contributed by atoms with Crippen LogP contribution in [-0.4, -0.2) is 59.5 Å². The number of ether oxygens (including phenoxy) is 1. The van der Waals surface area contributed by atoms with Crippen LogP contribution < -0.4 is 15.4 Å². The van der Waals surface area contributed by atoms with Crippen LogP contribution >= 0.6 is 0 Å². The van der Waals surface area contributed by atoms with Gasteiger partial charge in [0.05, 0.1) is 30.7 Å². The average molecular weight is 426 g/mol. The fourth-order valence-electron chi connectivity index (χ4n) is 4.39. The lowest BCUT2D eigenvalue weighted by Crippen LogP contribution is -2.56. The molecule has 0 bridgehead atoms. The summed E-state index contributed by atoms with van der Waals surface area (Å²) < 4.78 is 5.62. The van der Waals surface area contributed by atoms with E-state index >= 15 is 0 Å². The van der Waals surface area contributed by atoms with Crippen molar-refractivity contribution in [3.63, 3.8) is 0 Å². The molecule has 2 aromatic rings. The van der Waals surface area contributed by atoms with Gasteiger partial charge in [-0.1, -0.05) is 13.3 Å². The van der Waals surface area contributed by atoms with E-state index in [4.69, 9.17) is 4.74 Å². The van der Waals surface area contributed by atoms with Crippen molar-refractivity contribution in [1.82, 2.24) is 25.5 Å². The van der Waals surface area contributed by atoms with Crippen LogP contribution in [0.2, 0.25) is 0 Å². The van der Waals surface area contributed by atoms with Crippen molar-refractivity contribution >= 4 is 11.8 Å². The molecule has 8 heteroatoms. The van der Waals surface area contributed by atoms with Gasteiger partial charge < -0.3 is 25.3 Å². The summed E-state index contributed by atoms with van der Waals surface area (Å²) in [5.74, 6) is 0.442. The molecule has 0 atom stereocenters. The summed E-state index contributed by atoms with van der Waals surface area (Å²) in [6.07, 6.45) is 6.44. The molecule has 1 aromatic carbocycles. The van der Waals surface area contributed by atoms with Crippen LogP contribution in [0.15, 0.2) is 30.6 Å². The van der Waals surface area contributed by atoms with Gasteiger partial charge in [-0.25, -0.2) is 4.98 Å². The van der Waals surface area contributed by atoms with Crippen molar-refractivity contribution in [1.29, 1.82) is 0 Å². The molecule has 1 spiro atoms. The Balaban J connectivity index is 1.25. The molecule has 1 saturated heterocycles. The first-order chi connectivity index (χ1) is 15.1. The number of piperidine rings is 1. The van der Waals surface area contributed by atoms with Crippen LogP contribution in [0.4, 0.5) is 0 Å². The number of imidazole rings is 1. The minimum Gasteiger partial charge on any atom is -0.494 e. The van der Waals surface area contributed by atoms with Crippen LogP contribution in [0.3, 0.4) is 0 Å². The van der Waals surface area contributed by atoms with Crippen LogP contribution in [0.25, 0.3) is 0 Å². The summed E-state index contributed by atoms with van der Waals surface area (Å²) in [4.78, 5) is 34.7. The smallest absolute Gasteiger partial charge is 0.251 e. The van der Waals surface area contributed by atoms with E-state index in [0.29, 0.717) is 25.3 Å². The summed E-state index contributed by atoms with van der Waals surface area (Å²) in [5.41, 5.74) is 2.67. The number of carbonyl (C=O) groups is 2. The number of H-pyrrole nitrogens is 1. The number of hydrogen-bond donors (Lipinski definition) is 3. The Morgan fingerprint density at radius 1 is 1.23 bits per heavy atom. The van der Waals surface area contributed by atoms with E-state index in [1.807, 2.05) is 4.90 Å². The average Bonchev–Trinajstić information content (AvgIpc) is 3.29. The first-order valence-corrected chi connectivity index (χ1v) is 11.2. The summed E-state index contributed by atoms with van der Waals surface area (Å²) in [5, 5.41) is 6.37. The molecule has 2 aliphatic rings. The van der Waals surface area contributed by atoms with Crippen molar-refractivity contribution in [3.8, 4) is 5.75 Å². The number of nitrogens with one attached hydrogen (secondary N) is 3. The van der Waals surface area contributed by atoms with Crippen molar-refractivity contribution in [2.24, 2.45) is 0 Å². The van der Waals surface area contributed by atoms with Crippen molar-refractivity contribution in [3.05, 3.63) is 47.5 Å². The Bertz CT molecular complexity index is 900. The summed E-state index contributed by atoms with van der Waals surface area (Å²) in [6, 6.07) is 7.03. The molecule has 3 heterocycles. The van der Waals surface area contributed by atoms with Crippen molar-refractivity contribution in [2.45, 2.75) is 44.6 Å². The monoisotopic (exact) mass is 425 g/mol. The number of rotatable bonds is 7. The van der Waals surface area contributed by atoms with E-state index in [0.717, 1.165) is 50.1 Å². The molecule has 2 amide bonds. The Morgan fingerprint density at radius 2 is 2.00 bits per heavy atom. The number of aromatic nitrogens is 2. The van der Waals surface area contributed by atoms with E-state index in [9.17, 15) is 9.59 Å². The van der Waals surface area contributed by atoms with Crippen LogP contribution in [-0.2, 0) is 16.8 Å². The second kappa shape index (κ2) is 9.51. The van der Waals surface area contributed by atoms with Gasteiger partial charge >= 0.3 is 0 Å². The predicted octanol–water partition coefficient (Wildman–Crippen LogP) is 1.98. The largest absolute Gasteiger partial charge is 0.494 e. The molecule has 166 valence electrons. The Kier molecular flexibility index (Phi) is 6.56. The number of fused-ring (bicyclic) bond motifs is 2. The fraction of sp³-hybridized carbons (Fsp3) is 0.522. The minimum atomic E-state index is -0.253. The van der Waals surface area contributed by atoms with Gasteiger partial charge in [0.2, 0.25) is 5.91 Å². The number of benzene rings is 1. The lowest BCUT2D eigenvalue weighted by atomic mass is 9.80. The molecule has 0 saturated carbocycles. The third-order valence-corrected chi connectivity index (χ3v) is 6.26. The number of unbranched alkanes of at least 4 members (excludes halogenated alkanes) is 1. The van der Waals surface area contributed by atoms with Gasteiger partial charge in [0.15, 0.2) is 0 Å². The quantitative estimate of drug-likeness (QED) is 0.589. The Morgan fingerprint density at radius 3 is 2.74 bits per heavy atom. The maximum Gasteiger partial charge on any atom is 0.251 e. The molecule has 4 rings (SSSR count). The molecule has 3 N–H and O–H groups in total. The number of amides is 2. The highest BCUT2D eigenvalue weighted by atomic mass is 16.5. The third kappa shape index (κ3) is 4.74. The molecular formula is C23H31N5O3. The highest BCUT2D eigenvalue weighted by Gasteiger charge is 2.41. The molecule has 1 fully saturated rings. The lowest BCUT2D eigenvalue weighted by molar-refractivity contribution is -0.132. The summed E-state index contributed by atoms with van der Waals surface area (Å²) in [6.45, 7) is 5.01. The lowest BCUT2D eigenvalue weighted by Gasteiger charge is -2.44. The van der Waals surface area contributed by atoms with Crippen LogP contribution in [0.1, 0.15) is 54.4 Å². The van der Waals surface area contributed by atoms with Gasteiger partial charge in [-0.2, -0.15) is 0 Å². The normalized spacial score (nSPS) is 17.3. The third-order valence-electron chi connectivity index (χ3n) is 6.26. The zero-order chi connectivity index (χ0) is 21.7. The zero-order valence-electron chi connectivity index (χ0n) is 18.1. The zero-order valence-corrected chi connectivity index (χ0v) is 18.1. The number of nitrogens with zero attached hydrogens (tertiary/aromatic N) is 2. The molecule has 0 radical (unpaired) electrons. The maximum atomic E-state index is 12.7. The molecule has 8 nitrogen and oxygen atoms in total. The second-order valence-electron chi connectivity index (χ2n) is 8.28. The Hall–Kier alpha value is -2.87. The van der Waals surface area contributed by atoms with E-state index < -0.39 is 0 Å². The molecule has 1 aromatic heterocycles. The summed E-state index contributed by atoms with van der Waals surface area (Å²) in [7, 11) is 0. The number of carbonyl (C=O) groups excluding carboxylic acids is 2. The number of likely N-dealkylation sites (tertiary alicyclic amines) is 1. The van der Waals surface area contributed by atoms with Gasteiger partial charge in [-0.3, -0.25) is 9.59 Å². The highest BCUT2D eigenvalue weighted by molar-refractivity contribution is 5.96. The first-order valence-electron chi connectivity index (χ1n) is 11.2. The first kappa shape index (κ1) is 21.4. The van der Waals surface area contributed by atoms with Gasteiger partial charge in [-0.15, -0.1) is 0 Å². The molecule has 0 unspecified atom stereocenters. The van der Waals surface area contributed by atoms with E-state index in [2.05, 4.69) is 27.5 Å². The molecular weight excluding hydrogens is 394 g/mol. The number of hydrogen-bond acceptors (Lipinski definition) is 5. The van der Waals surface area contributed by atoms with E-state index in [1.54, 1.807) is 30.6 Å². The topological polar surface area (TPSA) is 99.4 Å².